The van der Waals surface area contributed by atoms with E-state index in [-0.39, 0.29) is 22.3 Å². The highest BCUT2D eigenvalue weighted by molar-refractivity contribution is 6.04. The molecule has 204 valence electrons. The lowest BCUT2D eigenvalue weighted by molar-refractivity contribution is -0.196. The average Bonchev–Trinajstić information content (AvgIpc) is 2.90. The Kier molecular flexibility index (Phi) is 6.48. The van der Waals surface area contributed by atoms with E-state index in [1.165, 1.54) is 14.0 Å². The van der Waals surface area contributed by atoms with Gasteiger partial charge in [0.15, 0.2) is 18.3 Å². The molecule has 0 saturated heterocycles. The lowest BCUT2D eigenvalue weighted by Gasteiger charge is -2.44. The van der Waals surface area contributed by atoms with Crippen LogP contribution in [-0.4, -0.2) is 58.2 Å². The Morgan fingerprint density at radius 2 is 1.79 bits per heavy atom. The number of aliphatic hydroxyl groups is 2. The predicted octanol–water partition coefficient (Wildman–Crippen LogP) is 2.89. The Hall–Kier alpha value is -4.15. The number of nitrogens with zero attached hydrogens (tertiary/aromatic N) is 1. The Morgan fingerprint density at radius 3 is 2.41 bits per heavy atom. The van der Waals surface area contributed by atoms with E-state index in [4.69, 9.17) is 18.9 Å². The van der Waals surface area contributed by atoms with Crippen molar-refractivity contribution in [3.05, 3.63) is 58.3 Å². The van der Waals surface area contributed by atoms with Gasteiger partial charge in [0.05, 0.1) is 35.7 Å². The fourth-order valence-electron chi connectivity index (χ4n) is 5.31. The van der Waals surface area contributed by atoms with E-state index in [0.717, 1.165) is 10.8 Å². The molecular formula is C29H29NO9. The number of benzene rings is 3. The molecule has 1 unspecified atom stereocenters. The summed E-state index contributed by atoms with van der Waals surface area (Å²) in [4.78, 5) is 38.9. The molecule has 10 nitrogen and oxygen atoms in total. The fourth-order valence-corrected chi connectivity index (χ4v) is 5.31. The van der Waals surface area contributed by atoms with Crippen LogP contribution in [0.5, 0.6) is 11.5 Å². The van der Waals surface area contributed by atoms with Crippen LogP contribution < -0.4 is 14.9 Å². The first-order valence-electron chi connectivity index (χ1n) is 12.4. The molecule has 1 aromatic heterocycles. The minimum atomic E-state index is -1.80. The van der Waals surface area contributed by atoms with Crippen molar-refractivity contribution in [1.29, 1.82) is 0 Å². The topological polar surface area (TPSA) is 134 Å². The molecule has 1 aliphatic heterocycles. The van der Waals surface area contributed by atoms with Gasteiger partial charge in [-0.3, -0.25) is 9.59 Å². The van der Waals surface area contributed by atoms with E-state index in [1.54, 1.807) is 31.5 Å². The minimum Gasteiger partial charge on any atom is -0.496 e. The summed E-state index contributed by atoms with van der Waals surface area (Å²) in [5, 5.41) is 21.7. The molecule has 3 atom stereocenters. The highest BCUT2D eigenvalue weighted by Gasteiger charge is 2.50. The van der Waals surface area contributed by atoms with Crippen molar-refractivity contribution in [2.45, 2.75) is 44.7 Å². The van der Waals surface area contributed by atoms with Gasteiger partial charge in [-0.25, -0.2) is 4.79 Å². The zero-order valence-electron chi connectivity index (χ0n) is 22.2. The lowest BCUT2D eigenvalue weighted by atomic mass is 9.86. The summed E-state index contributed by atoms with van der Waals surface area (Å²) in [5.74, 6) is -1.22. The first kappa shape index (κ1) is 26.5. The van der Waals surface area contributed by atoms with Crippen molar-refractivity contribution in [2.24, 2.45) is 7.05 Å². The SMILES string of the molecule is COc1cc2c(c3c1c(=O)c1cc4ccccc4cc1n3C)[C@@H](OC(C)=O)[C@@H](OC(=O)C(O)CO)C(C)(C)O2. The molecule has 3 aromatic carbocycles. The number of hydrogen-bond donors (Lipinski definition) is 2. The van der Waals surface area contributed by atoms with Crippen LogP contribution in [0.2, 0.25) is 0 Å². The second-order valence-electron chi connectivity index (χ2n) is 10.1. The molecule has 0 aliphatic carbocycles. The van der Waals surface area contributed by atoms with E-state index in [9.17, 15) is 24.6 Å². The molecule has 1 aliphatic rings. The highest BCUT2D eigenvalue weighted by atomic mass is 16.6. The van der Waals surface area contributed by atoms with E-state index >= 15 is 0 Å². The quantitative estimate of drug-likeness (QED) is 0.292. The Bertz CT molecular complexity index is 1700. The summed E-state index contributed by atoms with van der Waals surface area (Å²) in [7, 11) is 3.23. The molecule has 0 amide bonds. The van der Waals surface area contributed by atoms with Crippen LogP contribution in [0.1, 0.15) is 32.4 Å². The van der Waals surface area contributed by atoms with E-state index in [0.29, 0.717) is 22.0 Å². The molecular weight excluding hydrogens is 506 g/mol. The lowest BCUT2D eigenvalue weighted by Crippen LogP contribution is -2.53. The minimum absolute atomic E-state index is 0.238. The van der Waals surface area contributed by atoms with Gasteiger partial charge in [0.25, 0.3) is 0 Å². The van der Waals surface area contributed by atoms with Gasteiger partial charge < -0.3 is 33.7 Å². The second-order valence-corrected chi connectivity index (χ2v) is 10.1. The Balaban J connectivity index is 1.89. The second kappa shape index (κ2) is 9.55. The maximum absolute atomic E-state index is 14.0. The Morgan fingerprint density at radius 1 is 1.13 bits per heavy atom. The van der Waals surface area contributed by atoms with Gasteiger partial charge in [-0.1, -0.05) is 24.3 Å². The van der Waals surface area contributed by atoms with Crippen LogP contribution in [-0.2, 0) is 26.1 Å². The van der Waals surface area contributed by atoms with Crippen molar-refractivity contribution in [3.8, 4) is 11.5 Å². The van der Waals surface area contributed by atoms with Crippen LogP contribution in [0.3, 0.4) is 0 Å². The number of fused-ring (bicyclic) bond motifs is 5. The van der Waals surface area contributed by atoms with Crippen LogP contribution in [0.4, 0.5) is 0 Å². The summed E-state index contributed by atoms with van der Waals surface area (Å²) in [5.41, 5.74) is -0.229. The number of carbonyl (C=O) groups is 2. The zero-order chi connectivity index (χ0) is 28.2. The van der Waals surface area contributed by atoms with E-state index in [1.807, 2.05) is 36.4 Å². The number of aryl methyl sites for hydroxylation is 1. The first-order valence-corrected chi connectivity index (χ1v) is 12.4. The highest BCUT2D eigenvalue weighted by Crippen LogP contribution is 2.49. The van der Waals surface area contributed by atoms with Gasteiger partial charge in [0, 0.05) is 25.4 Å². The van der Waals surface area contributed by atoms with E-state index in [2.05, 4.69) is 0 Å². The standard InChI is InChI=1S/C29H29NO9/c1-14(32)37-26-23-21(39-29(2,3)27(26)38-28(35)19(33)13-31)12-20(36-5)22-24(23)30(4)18-11-16-9-7-6-8-15(16)10-17(18)25(22)34/h6-12,19,26-27,31,33H,13H2,1-5H3/t19?,26-,27-/m1/s1. The van der Waals surface area contributed by atoms with Crippen molar-refractivity contribution >= 4 is 44.5 Å². The maximum Gasteiger partial charge on any atom is 0.337 e. The van der Waals surface area contributed by atoms with Gasteiger partial charge in [-0.2, -0.15) is 0 Å². The van der Waals surface area contributed by atoms with Gasteiger partial charge >= 0.3 is 11.9 Å². The van der Waals surface area contributed by atoms with E-state index < -0.39 is 42.5 Å². The number of methoxy groups -OCH3 is 1. The molecule has 0 fully saturated rings. The van der Waals surface area contributed by atoms with Crippen molar-refractivity contribution in [2.75, 3.05) is 13.7 Å². The molecule has 5 rings (SSSR count). The summed E-state index contributed by atoms with van der Waals surface area (Å²) in [6.45, 7) is 3.64. The molecule has 39 heavy (non-hydrogen) atoms. The normalized spacial score (nSPS) is 18.8. The van der Waals surface area contributed by atoms with Crippen LogP contribution in [0.15, 0.2) is 47.3 Å². The third kappa shape index (κ3) is 4.25. The molecule has 2 N–H and O–H groups in total. The van der Waals surface area contributed by atoms with Crippen molar-refractivity contribution in [3.63, 3.8) is 0 Å². The molecule has 0 saturated carbocycles. The third-order valence-electron chi connectivity index (χ3n) is 7.12. The number of aromatic nitrogens is 1. The largest absolute Gasteiger partial charge is 0.496 e. The third-order valence-corrected chi connectivity index (χ3v) is 7.12. The summed E-state index contributed by atoms with van der Waals surface area (Å²) < 4.78 is 25.0. The van der Waals surface area contributed by atoms with Crippen molar-refractivity contribution in [1.82, 2.24) is 4.57 Å². The molecule has 2 heterocycles. The van der Waals surface area contributed by atoms with Gasteiger partial charge in [-0.05, 0) is 36.8 Å². The average molecular weight is 536 g/mol. The van der Waals surface area contributed by atoms with Crippen molar-refractivity contribution < 1.29 is 38.7 Å². The maximum atomic E-state index is 14.0. The first-order chi connectivity index (χ1) is 18.5. The van der Waals surface area contributed by atoms with Crippen LogP contribution in [0.25, 0.3) is 32.6 Å². The number of esters is 2. The zero-order valence-corrected chi connectivity index (χ0v) is 22.2. The van der Waals surface area contributed by atoms with Gasteiger partial charge in [0.1, 0.15) is 17.1 Å². The molecule has 0 bridgehead atoms. The molecule has 4 aromatic rings. The van der Waals surface area contributed by atoms with Crippen LogP contribution in [0, 0.1) is 0 Å². The number of ether oxygens (including phenoxy) is 4. The monoisotopic (exact) mass is 535 g/mol. The number of carbonyl (C=O) groups excluding carboxylic acids is 2. The molecule has 0 spiro atoms. The van der Waals surface area contributed by atoms with Gasteiger partial charge in [0.2, 0.25) is 5.43 Å². The Labute approximate surface area is 223 Å². The summed E-state index contributed by atoms with van der Waals surface area (Å²) >= 11 is 0. The number of pyridine rings is 1. The molecule has 0 radical (unpaired) electrons. The summed E-state index contributed by atoms with van der Waals surface area (Å²) in [6, 6.07) is 13.0. The van der Waals surface area contributed by atoms with Crippen LogP contribution >= 0.6 is 0 Å². The summed E-state index contributed by atoms with van der Waals surface area (Å²) in [6.07, 6.45) is -4.25. The predicted molar refractivity (Wildman–Crippen MR) is 143 cm³/mol. The number of hydrogen-bond acceptors (Lipinski definition) is 9. The van der Waals surface area contributed by atoms with Gasteiger partial charge in [-0.15, -0.1) is 0 Å². The smallest absolute Gasteiger partial charge is 0.337 e. The fraction of sp³-hybridized carbons (Fsp3) is 0.345. The molecule has 10 heteroatoms. The number of rotatable bonds is 5. The number of aliphatic hydroxyl groups excluding tert-OH is 2.